The average molecular weight is 328 g/mol. The summed E-state index contributed by atoms with van der Waals surface area (Å²) in [4.78, 5) is 12.6. The highest BCUT2D eigenvalue weighted by molar-refractivity contribution is 6.31. The van der Waals surface area contributed by atoms with Crippen LogP contribution < -0.4 is 5.32 Å². The van der Waals surface area contributed by atoms with E-state index in [1.807, 2.05) is 43.3 Å². The minimum absolute atomic E-state index is 0.0227. The number of nitrogens with one attached hydrogen (secondary N) is 1. The zero-order valence-electron chi connectivity index (χ0n) is 13.8. The molecule has 1 amide bonds. The topological polar surface area (TPSA) is 29.1 Å². The number of anilines is 1. The molecule has 120 valence electrons. The molecular formula is C20H22ClNO. The molecule has 0 aromatic heterocycles. The zero-order chi connectivity index (χ0) is 16.6. The van der Waals surface area contributed by atoms with Crippen molar-refractivity contribution >= 4 is 23.2 Å². The largest absolute Gasteiger partial charge is 0.325 e. The maximum Gasteiger partial charge on any atom is 0.228 e. The van der Waals surface area contributed by atoms with E-state index < -0.39 is 0 Å². The second-order valence-electron chi connectivity index (χ2n) is 6.65. The van der Waals surface area contributed by atoms with E-state index >= 15 is 0 Å². The molecular weight excluding hydrogens is 306 g/mol. The van der Waals surface area contributed by atoms with Crippen LogP contribution in [0.3, 0.4) is 0 Å². The first-order valence-corrected chi connectivity index (χ1v) is 8.51. The maximum atomic E-state index is 12.6. The van der Waals surface area contributed by atoms with E-state index in [9.17, 15) is 4.79 Å². The third-order valence-corrected chi connectivity index (χ3v) is 4.95. The van der Waals surface area contributed by atoms with Crippen molar-refractivity contribution in [3.8, 4) is 0 Å². The van der Waals surface area contributed by atoms with E-state index in [1.165, 1.54) is 5.56 Å². The lowest BCUT2D eigenvalue weighted by Crippen LogP contribution is -2.17. The van der Waals surface area contributed by atoms with Gasteiger partial charge in [-0.3, -0.25) is 4.79 Å². The first-order chi connectivity index (χ1) is 11.0. The summed E-state index contributed by atoms with van der Waals surface area (Å²) in [5, 5.41) is 3.92. The highest BCUT2D eigenvalue weighted by Crippen LogP contribution is 2.50. The van der Waals surface area contributed by atoms with Crippen molar-refractivity contribution in [2.75, 3.05) is 5.32 Å². The molecule has 1 N–H and O–H groups in total. The van der Waals surface area contributed by atoms with E-state index in [4.69, 9.17) is 11.6 Å². The van der Waals surface area contributed by atoms with E-state index in [0.717, 1.165) is 28.3 Å². The molecule has 0 heterocycles. The predicted octanol–water partition coefficient (Wildman–Crippen LogP) is 5.51. The van der Waals surface area contributed by atoms with Crippen molar-refractivity contribution in [3.05, 3.63) is 64.2 Å². The molecule has 0 saturated heterocycles. The summed E-state index contributed by atoms with van der Waals surface area (Å²) in [5.74, 6) is 0.750. The Balaban J connectivity index is 1.76. The Bertz CT molecular complexity index is 738. The highest BCUT2D eigenvalue weighted by Gasteiger charge is 2.45. The zero-order valence-corrected chi connectivity index (χ0v) is 14.5. The van der Waals surface area contributed by atoms with Gasteiger partial charge in [0.15, 0.2) is 0 Å². The van der Waals surface area contributed by atoms with Gasteiger partial charge in [0.05, 0.1) is 0 Å². The van der Waals surface area contributed by atoms with Crippen LogP contribution >= 0.6 is 11.6 Å². The molecule has 2 aromatic carbocycles. The second-order valence-corrected chi connectivity index (χ2v) is 7.06. The normalized spacial score (nSPS) is 19.7. The second kappa shape index (κ2) is 6.37. The van der Waals surface area contributed by atoms with Crippen LogP contribution in [0.15, 0.2) is 42.5 Å². The summed E-state index contributed by atoms with van der Waals surface area (Å²) < 4.78 is 0. The Morgan fingerprint density at radius 3 is 2.61 bits per heavy atom. The van der Waals surface area contributed by atoms with Gasteiger partial charge in [0.2, 0.25) is 5.91 Å². The third-order valence-electron chi connectivity index (χ3n) is 4.61. The van der Waals surface area contributed by atoms with Crippen LogP contribution in [0.4, 0.5) is 5.69 Å². The Kier molecular flexibility index (Phi) is 4.45. The van der Waals surface area contributed by atoms with Crippen molar-refractivity contribution in [1.82, 2.24) is 0 Å². The number of hydrogen-bond acceptors (Lipinski definition) is 1. The molecule has 3 heteroatoms. The van der Waals surface area contributed by atoms with E-state index in [0.29, 0.717) is 5.92 Å². The summed E-state index contributed by atoms with van der Waals surface area (Å²) in [6.07, 6.45) is 0.873. The van der Waals surface area contributed by atoms with Gasteiger partial charge in [0.1, 0.15) is 0 Å². The molecule has 0 spiro atoms. The quantitative estimate of drug-likeness (QED) is 0.787. The molecule has 1 aliphatic rings. The highest BCUT2D eigenvalue weighted by atomic mass is 35.5. The van der Waals surface area contributed by atoms with E-state index in [1.54, 1.807) is 0 Å². The van der Waals surface area contributed by atoms with Crippen LogP contribution in [-0.4, -0.2) is 5.91 Å². The van der Waals surface area contributed by atoms with Crippen LogP contribution in [0.1, 0.15) is 48.8 Å². The number of carbonyl (C=O) groups is 1. The predicted molar refractivity (Wildman–Crippen MR) is 96.2 cm³/mol. The fourth-order valence-corrected chi connectivity index (χ4v) is 3.44. The minimum atomic E-state index is 0.0227. The van der Waals surface area contributed by atoms with Crippen LogP contribution in [0.5, 0.6) is 0 Å². The van der Waals surface area contributed by atoms with Crippen LogP contribution in [0.25, 0.3) is 0 Å². The lowest BCUT2D eigenvalue weighted by molar-refractivity contribution is -0.117. The number of carbonyl (C=O) groups excluding carboxylic acids is 1. The Morgan fingerprint density at radius 2 is 1.91 bits per heavy atom. The van der Waals surface area contributed by atoms with Gasteiger partial charge in [0, 0.05) is 16.6 Å². The van der Waals surface area contributed by atoms with Gasteiger partial charge < -0.3 is 5.32 Å². The molecule has 3 rings (SSSR count). The molecule has 1 aliphatic carbocycles. The van der Waals surface area contributed by atoms with Gasteiger partial charge in [0.25, 0.3) is 0 Å². The minimum Gasteiger partial charge on any atom is -0.325 e. The van der Waals surface area contributed by atoms with Crippen LogP contribution in [-0.2, 0) is 4.79 Å². The molecule has 2 nitrogen and oxygen atoms in total. The van der Waals surface area contributed by atoms with Crippen molar-refractivity contribution in [1.29, 1.82) is 0 Å². The van der Waals surface area contributed by atoms with Crippen LogP contribution in [0.2, 0.25) is 5.02 Å². The van der Waals surface area contributed by atoms with Gasteiger partial charge in [-0.15, -0.1) is 0 Å². The van der Waals surface area contributed by atoms with Crippen LogP contribution in [0, 0.1) is 12.8 Å². The number of halogens is 1. The van der Waals surface area contributed by atoms with E-state index in [-0.39, 0.29) is 17.7 Å². The molecule has 0 bridgehead atoms. The number of aryl methyl sites for hydroxylation is 1. The molecule has 2 unspecified atom stereocenters. The van der Waals surface area contributed by atoms with E-state index in [2.05, 4.69) is 25.2 Å². The summed E-state index contributed by atoms with van der Waals surface area (Å²) in [5.41, 5.74) is 4.35. The fourth-order valence-electron chi connectivity index (χ4n) is 3.16. The lowest BCUT2D eigenvalue weighted by Gasteiger charge is -2.16. The number of rotatable bonds is 4. The third kappa shape index (κ3) is 3.28. The number of para-hydroxylation sites is 1. The van der Waals surface area contributed by atoms with Crippen molar-refractivity contribution in [3.63, 3.8) is 0 Å². The molecule has 23 heavy (non-hydrogen) atoms. The Hall–Kier alpha value is -1.80. The molecule has 1 saturated carbocycles. The monoisotopic (exact) mass is 327 g/mol. The summed E-state index contributed by atoms with van der Waals surface area (Å²) >= 11 is 6.25. The van der Waals surface area contributed by atoms with Gasteiger partial charge >= 0.3 is 0 Å². The van der Waals surface area contributed by atoms with Crippen molar-refractivity contribution in [2.24, 2.45) is 5.92 Å². The number of benzene rings is 2. The first kappa shape index (κ1) is 16.1. The molecule has 0 radical (unpaired) electrons. The van der Waals surface area contributed by atoms with Gasteiger partial charge in [-0.1, -0.05) is 61.8 Å². The van der Waals surface area contributed by atoms with Gasteiger partial charge in [-0.2, -0.15) is 0 Å². The smallest absolute Gasteiger partial charge is 0.228 e. The first-order valence-electron chi connectivity index (χ1n) is 8.14. The van der Waals surface area contributed by atoms with Crippen molar-refractivity contribution in [2.45, 2.75) is 39.0 Å². The average Bonchev–Trinajstić information content (AvgIpc) is 3.30. The lowest BCUT2D eigenvalue weighted by atomic mass is 9.98. The van der Waals surface area contributed by atoms with Gasteiger partial charge in [-0.05, 0) is 47.9 Å². The summed E-state index contributed by atoms with van der Waals surface area (Å²) in [6, 6.07) is 14.0. The fraction of sp³-hybridized carbons (Fsp3) is 0.350. The Morgan fingerprint density at radius 1 is 1.17 bits per heavy atom. The molecule has 2 atom stereocenters. The van der Waals surface area contributed by atoms with Crippen molar-refractivity contribution < 1.29 is 4.79 Å². The summed E-state index contributed by atoms with van der Waals surface area (Å²) in [6.45, 7) is 6.34. The number of amides is 1. The SMILES string of the molecule is Cc1cccc(C(C)C)c1NC(=O)C1CC1c1ccccc1Cl. The standard InChI is InChI=1S/C20H22ClNO/c1-12(2)14-9-6-7-13(3)19(14)22-20(23)17-11-16(17)15-8-4-5-10-18(15)21/h4-10,12,16-17H,11H2,1-3H3,(H,22,23). The molecule has 0 aliphatic heterocycles. The van der Waals surface area contributed by atoms with Gasteiger partial charge in [-0.25, -0.2) is 0 Å². The summed E-state index contributed by atoms with van der Waals surface area (Å²) in [7, 11) is 0. The molecule has 2 aromatic rings. The Labute approximate surface area is 142 Å². The number of hydrogen-bond donors (Lipinski definition) is 1. The molecule has 1 fully saturated rings. The maximum absolute atomic E-state index is 12.6.